The maximum atomic E-state index is 5.21. The second kappa shape index (κ2) is 6.80. The Bertz CT molecular complexity index is 1410. The molecular formula is C28H36BN4. The van der Waals surface area contributed by atoms with Crippen molar-refractivity contribution in [3.8, 4) is 0 Å². The quantitative estimate of drug-likeness (QED) is 0.290. The van der Waals surface area contributed by atoms with Gasteiger partial charge in [0.2, 0.25) is 0 Å². The summed E-state index contributed by atoms with van der Waals surface area (Å²) in [6, 6.07) is 6.87. The Kier molecular flexibility index (Phi) is 4.89. The van der Waals surface area contributed by atoms with Crippen LogP contribution in [0.5, 0.6) is 0 Å². The topological polar surface area (TPSA) is 43.1 Å². The van der Waals surface area contributed by atoms with Crippen molar-refractivity contribution < 1.29 is 0 Å². The molecule has 3 aromatic heterocycles. The molecular weight excluding hydrogens is 403 g/mol. The van der Waals surface area contributed by atoms with Gasteiger partial charge in [-0.2, -0.15) is 0 Å². The Balaban J connectivity index is 0.00000259. The Morgan fingerprint density at radius 1 is 0.788 bits per heavy atom. The minimum atomic E-state index is -0.126. The van der Waals surface area contributed by atoms with Gasteiger partial charge in [0.05, 0.1) is 21.9 Å². The zero-order chi connectivity index (χ0) is 23.4. The van der Waals surface area contributed by atoms with E-state index in [1.165, 1.54) is 11.1 Å². The molecule has 1 aliphatic carbocycles. The van der Waals surface area contributed by atoms with Gasteiger partial charge in [0, 0.05) is 31.1 Å². The standard InChI is InChI=1S/C28H36N4.B/c1-25(2,3)22-13-19-16(14-29-22)23-30-20-11-17-18(28(9,10)15-27(17,7)8)12-21(20)32(23)24(31-19)26(4,5)6;/h11-14H,15H2,1-10H3;. The van der Waals surface area contributed by atoms with Gasteiger partial charge in [0.25, 0.3) is 0 Å². The third kappa shape index (κ3) is 3.46. The summed E-state index contributed by atoms with van der Waals surface area (Å²) in [6.45, 7) is 22.7. The molecule has 5 heteroatoms. The van der Waals surface area contributed by atoms with Crippen LogP contribution in [0, 0.1) is 0 Å². The van der Waals surface area contributed by atoms with Crippen molar-refractivity contribution in [3.63, 3.8) is 0 Å². The smallest absolute Gasteiger partial charge is 0.150 e. The molecule has 0 aliphatic heterocycles. The van der Waals surface area contributed by atoms with Crippen LogP contribution in [-0.2, 0) is 21.7 Å². The Labute approximate surface area is 199 Å². The summed E-state index contributed by atoms with van der Waals surface area (Å²) >= 11 is 0. The molecule has 0 fully saturated rings. The first-order valence-corrected chi connectivity index (χ1v) is 11.8. The molecule has 5 rings (SSSR count). The van der Waals surface area contributed by atoms with Crippen LogP contribution < -0.4 is 0 Å². The van der Waals surface area contributed by atoms with E-state index < -0.39 is 0 Å². The number of aromatic nitrogens is 4. The molecule has 0 saturated heterocycles. The first kappa shape index (κ1) is 23.7. The largest absolute Gasteiger partial charge is 0.279 e. The summed E-state index contributed by atoms with van der Waals surface area (Å²) in [4.78, 5) is 15.2. The van der Waals surface area contributed by atoms with E-state index >= 15 is 0 Å². The summed E-state index contributed by atoms with van der Waals surface area (Å²) in [6.07, 6.45) is 3.12. The number of hydrogen-bond acceptors (Lipinski definition) is 3. The molecule has 0 N–H and O–H groups in total. The van der Waals surface area contributed by atoms with Crippen LogP contribution >= 0.6 is 0 Å². The highest BCUT2D eigenvalue weighted by molar-refractivity contribution is 5.96. The highest BCUT2D eigenvalue weighted by atomic mass is 15.1. The number of fused-ring (bicyclic) bond motifs is 6. The number of pyridine rings is 1. The molecule has 1 aliphatic rings. The lowest BCUT2D eigenvalue weighted by Gasteiger charge is -2.23. The minimum Gasteiger partial charge on any atom is -0.279 e. The molecule has 0 atom stereocenters. The lowest BCUT2D eigenvalue weighted by Crippen LogP contribution is -2.20. The summed E-state index contributed by atoms with van der Waals surface area (Å²) in [5, 5.41) is 1.01. The van der Waals surface area contributed by atoms with Crippen molar-refractivity contribution in [1.82, 2.24) is 19.4 Å². The van der Waals surface area contributed by atoms with Crippen molar-refractivity contribution >= 4 is 36.0 Å². The van der Waals surface area contributed by atoms with Crippen molar-refractivity contribution in [2.24, 2.45) is 0 Å². The fraction of sp³-hybridized carbons (Fsp3) is 0.536. The van der Waals surface area contributed by atoms with Gasteiger partial charge in [-0.25, -0.2) is 9.97 Å². The normalized spacial score (nSPS) is 17.5. The van der Waals surface area contributed by atoms with Crippen LogP contribution in [0.1, 0.15) is 98.3 Å². The van der Waals surface area contributed by atoms with Crippen LogP contribution in [0.2, 0.25) is 0 Å². The first-order chi connectivity index (χ1) is 14.6. The van der Waals surface area contributed by atoms with E-state index in [4.69, 9.17) is 15.0 Å². The molecule has 0 unspecified atom stereocenters. The molecule has 171 valence electrons. The minimum absolute atomic E-state index is 0. The fourth-order valence-corrected chi connectivity index (χ4v) is 5.72. The number of imidazole rings is 1. The molecule has 4 nitrogen and oxygen atoms in total. The van der Waals surface area contributed by atoms with E-state index in [2.05, 4.69) is 91.8 Å². The summed E-state index contributed by atoms with van der Waals surface area (Å²) in [5.74, 6) is 1.04. The van der Waals surface area contributed by atoms with E-state index in [0.717, 1.165) is 45.5 Å². The number of benzene rings is 1. The van der Waals surface area contributed by atoms with Gasteiger partial charge in [-0.1, -0.05) is 69.2 Å². The molecule has 0 bridgehead atoms. The molecule has 0 amide bonds. The van der Waals surface area contributed by atoms with E-state index in [1.807, 2.05) is 6.20 Å². The Hall–Kier alpha value is -2.43. The van der Waals surface area contributed by atoms with E-state index in [1.54, 1.807) is 0 Å². The third-order valence-electron chi connectivity index (χ3n) is 7.14. The van der Waals surface area contributed by atoms with Gasteiger partial charge in [-0.3, -0.25) is 9.38 Å². The molecule has 3 radical (unpaired) electrons. The van der Waals surface area contributed by atoms with Gasteiger partial charge >= 0.3 is 0 Å². The van der Waals surface area contributed by atoms with Gasteiger partial charge in [0.15, 0.2) is 0 Å². The molecule has 33 heavy (non-hydrogen) atoms. The SMILES string of the molecule is CC(C)(C)c1cc2nc(C(C)(C)C)n3c4cc5c(cc4nc3c2cn1)C(C)(C)CC5(C)C.[B]. The van der Waals surface area contributed by atoms with Crippen LogP contribution in [0.4, 0.5) is 0 Å². The predicted octanol–water partition coefficient (Wildman–Crippen LogP) is 6.60. The number of nitrogens with zero attached hydrogens (tertiary/aromatic N) is 4. The second-order valence-corrected chi connectivity index (χ2v) is 13.1. The van der Waals surface area contributed by atoms with Crippen molar-refractivity contribution in [1.29, 1.82) is 0 Å². The number of hydrogen-bond donors (Lipinski definition) is 0. The van der Waals surface area contributed by atoms with Gasteiger partial charge < -0.3 is 0 Å². The monoisotopic (exact) mass is 439 g/mol. The summed E-state index contributed by atoms with van der Waals surface area (Å²) in [5.41, 5.74) is 8.22. The maximum Gasteiger partial charge on any atom is 0.150 e. The third-order valence-corrected chi connectivity index (χ3v) is 7.14. The van der Waals surface area contributed by atoms with E-state index in [-0.39, 0.29) is 30.1 Å². The molecule has 0 spiro atoms. The van der Waals surface area contributed by atoms with Crippen molar-refractivity contribution in [3.05, 3.63) is 47.0 Å². The average Bonchev–Trinajstić information content (AvgIpc) is 3.10. The molecule has 0 saturated carbocycles. The van der Waals surface area contributed by atoms with Gasteiger partial charge in [0.1, 0.15) is 11.5 Å². The highest BCUT2D eigenvalue weighted by Gasteiger charge is 2.42. The van der Waals surface area contributed by atoms with Crippen molar-refractivity contribution in [2.75, 3.05) is 0 Å². The predicted molar refractivity (Wildman–Crippen MR) is 140 cm³/mol. The lowest BCUT2D eigenvalue weighted by molar-refractivity contribution is 0.403. The van der Waals surface area contributed by atoms with Crippen LogP contribution in [-0.4, -0.2) is 27.8 Å². The Morgan fingerprint density at radius 3 is 1.97 bits per heavy atom. The number of rotatable bonds is 0. The fourth-order valence-electron chi connectivity index (χ4n) is 5.72. The van der Waals surface area contributed by atoms with Gasteiger partial charge in [-0.05, 0) is 46.6 Å². The van der Waals surface area contributed by atoms with Crippen LogP contribution in [0.25, 0.3) is 27.6 Å². The van der Waals surface area contributed by atoms with Crippen LogP contribution in [0.3, 0.4) is 0 Å². The summed E-state index contributed by atoms with van der Waals surface area (Å²) < 4.78 is 2.29. The molecule has 3 heterocycles. The molecule has 1 aromatic carbocycles. The zero-order valence-electron chi connectivity index (χ0n) is 21.9. The lowest BCUT2D eigenvalue weighted by atomic mass is 9.82. The zero-order valence-corrected chi connectivity index (χ0v) is 21.9. The average molecular weight is 439 g/mol. The van der Waals surface area contributed by atoms with Crippen LogP contribution in [0.15, 0.2) is 24.4 Å². The van der Waals surface area contributed by atoms with E-state index in [0.29, 0.717) is 0 Å². The maximum absolute atomic E-state index is 5.21. The Morgan fingerprint density at radius 2 is 1.39 bits per heavy atom. The highest BCUT2D eigenvalue weighted by Crippen LogP contribution is 2.50. The van der Waals surface area contributed by atoms with Gasteiger partial charge in [-0.15, -0.1) is 0 Å². The van der Waals surface area contributed by atoms with Crippen molar-refractivity contribution in [2.45, 2.75) is 97.3 Å². The van der Waals surface area contributed by atoms with E-state index in [9.17, 15) is 0 Å². The first-order valence-electron chi connectivity index (χ1n) is 11.8. The second-order valence-electron chi connectivity index (χ2n) is 13.1. The summed E-state index contributed by atoms with van der Waals surface area (Å²) in [7, 11) is 0. The molecule has 4 aromatic rings.